The molecule has 0 saturated heterocycles. The van der Waals surface area contributed by atoms with Gasteiger partial charge in [0.2, 0.25) is 5.63 Å². The fraction of sp³-hybridized carbons (Fsp3) is 0.125. The summed E-state index contributed by atoms with van der Waals surface area (Å²) in [6, 6.07) is 3.65. The first-order chi connectivity index (χ1) is 13.0. The summed E-state index contributed by atoms with van der Waals surface area (Å²) in [5.74, 6) is -5.05. The molecule has 1 atom stereocenters. The number of rotatable bonds is 5. The Hall–Kier alpha value is -2.40. The molecule has 0 aromatic heterocycles. The van der Waals surface area contributed by atoms with Crippen molar-refractivity contribution in [1.29, 1.82) is 0 Å². The maximum absolute atomic E-state index is 13.9. The van der Waals surface area contributed by atoms with Crippen molar-refractivity contribution in [2.45, 2.75) is 15.8 Å². The summed E-state index contributed by atoms with van der Waals surface area (Å²) in [6.07, 6.45) is 0. The lowest BCUT2D eigenvalue weighted by molar-refractivity contribution is 0.0537. The van der Waals surface area contributed by atoms with Gasteiger partial charge < -0.3 is 5.32 Å². The lowest BCUT2D eigenvalue weighted by Crippen LogP contribution is -2.35. The number of amides is 3. The zero-order chi connectivity index (χ0) is 21.1. The van der Waals surface area contributed by atoms with E-state index in [2.05, 4.69) is 0 Å². The molecule has 0 aliphatic heterocycles. The number of nitrogens with one attached hydrogen (secondary N) is 2. The van der Waals surface area contributed by atoms with Crippen LogP contribution in [0.2, 0.25) is 0 Å². The minimum absolute atomic E-state index is 0.339. The third kappa shape index (κ3) is 5.32. The van der Waals surface area contributed by atoms with E-state index in [9.17, 15) is 35.9 Å². The van der Waals surface area contributed by atoms with Gasteiger partial charge in [-0.25, -0.2) is 22.4 Å². The topological polar surface area (TPSA) is 58.2 Å². The molecule has 0 aliphatic rings. The molecule has 2 aromatic rings. The maximum Gasteiger partial charge on any atom is 0.342 e. The van der Waals surface area contributed by atoms with Gasteiger partial charge in [-0.3, -0.25) is 10.1 Å². The molecule has 3 amide bonds. The average molecular weight is 443 g/mol. The summed E-state index contributed by atoms with van der Waals surface area (Å²) < 4.78 is 79.9. The lowest BCUT2D eigenvalue weighted by atomic mass is 10.2. The van der Waals surface area contributed by atoms with Gasteiger partial charge in [-0.15, -0.1) is 0 Å². The van der Waals surface area contributed by atoms with E-state index in [0.29, 0.717) is 6.07 Å². The van der Waals surface area contributed by atoms with Gasteiger partial charge in [0.25, 0.3) is 5.91 Å². The number of hydrogen-bond acceptors (Lipinski definition) is 3. The first-order valence-electron chi connectivity index (χ1n) is 7.22. The smallest absolute Gasteiger partial charge is 0.305 e. The maximum atomic E-state index is 13.9. The number of carbonyl (C=O) groups is 2. The molecule has 0 bridgehead atoms. The van der Waals surface area contributed by atoms with Gasteiger partial charge in [0.05, 0.1) is 5.69 Å². The molecule has 2 aromatic carbocycles. The molecular weight excluding hydrogens is 434 g/mol. The quantitative estimate of drug-likeness (QED) is 0.376. The Morgan fingerprint density at radius 1 is 1.04 bits per heavy atom. The first-order valence-corrected chi connectivity index (χ1v) is 8.47. The van der Waals surface area contributed by atoms with E-state index in [4.69, 9.17) is 11.6 Å². The Kier molecular flexibility index (Phi) is 6.83. The van der Waals surface area contributed by atoms with Crippen LogP contribution in [0.25, 0.3) is 0 Å². The Morgan fingerprint density at radius 3 is 2.18 bits per heavy atom. The van der Waals surface area contributed by atoms with Crippen LogP contribution in [0.1, 0.15) is 10.4 Å². The average Bonchev–Trinajstić information content (AvgIpc) is 2.56. The number of anilines is 1. The van der Waals surface area contributed by atoms with E-state index in [1.807, 2.05) is 5.32 Å². The summed E-state index contributed by atoms with van der Waals surface area (Å²) in [4.78, 5) is 23.1. The van der Waals surface area contributed by atoms with Crippen LogP contribution in [0.15, 0.2) is 41.3 Å². The largest absolute Gasteiger partial charge is 0.342 e. The molecule has 2 N–H and O–H groups in total. The number of urea groups is 1. The summed E-state index contributed by atoms with van der Waals surface area (Å²) in [6.45, 7) is 0. The minimum Gasteiger partial charge on any atom is -0.305 e. The second kappa shape index (κ2) is 8.74. The van der Waals surface area contributed by atoms with Gasteiger partial charge >= 0.3 is 11.3 Å². The standard InChI is InChI=1S/C16H9ClF6N2O2S/c17-14(21)16(22,23)28-7-4-5-11(10(20)6-7)24-15(27)25-13(26)12-8(18)2-1-3-9(12)19/h1-6,14H,(H2,24,25,26,27). The monoisotopic (exact) mass is 442 g/mol. The van der Waals surface area contributed by atoms with Crippen LogP contribution in [0.4, 0.5) is 36.8 Å². The molecule has 150 valence electrons. The molecule has 0 saturated carbocycles. The second-order valence-corrected chi connectivity index (χ2v) is 6.71. The normalized spacial score (nSPS) is 12.4. The Morgan fingerprint density at radius 2 is 1.64 bits per heavy atom. The van der Waals surface area contributed by atoms with Crippen molar-refractivity contribution in [2.24, 2.45) is 0 Å². The fourth-order valence-electron chi connectivity index (χ4n) is 1.90. The number of imide groups is 1. The Balaban J connectivity index is 2.07. The van der Waals surface area contributed by atoms with Crippen LogP contribution >= 0.6 is 23.4 Å². The van der Waals surface area contributed by atoms with E-state index in [0.717, 1.165) is 30.3 Å². The molecule has 0 fully saturated rings. The Bertz CT molecular complexity index is 892. The molecule has 1 unspecified atom stereocenters. The van der Waals surface area contributed by atoms with Gasteiger partial charge in [-0.2, -0.15) is 8.78 Å². The van der Waals surface area contributed by atoms with E-state index in [1.165, 1.54) is 0 Å². The number of halogens is 7. The van der Waals surface area contributed by atoms with Crippen molar-refractivity contribution >= 4 is 41.0 Å². The highest BCUT2D eigenvalue weighted by Crippen LogP contribution is 2.41. The third-order valence-electron chi connectivity index (χ3n) is 3.11. The molecule has 12 heteroatoms. The van der Waals surface area contributed by atoms with Crippen molar-refractivity contribution in [2.75, 3.05) is 5.32 Å². The van der Waals surface area contributed by atoms with Crippen molar-refractivity contribution < 1.29 is 35.9 Å². The summed E-state index contributed by atoms with van der Waals surface area (Å²) in [5, 5.41) is -0.549. The zero-order valence-electron chi connectivity index (χ0n) is 13.4. The summed E-state index contributed by atoms with van der Waals surface area (Å²) in [5.41, 5.74) is -4.56. The van der Waals surface area contributed by atoms with Crippen LogP contribution in [0.5, 0.6) is 0 Å². The molecular formula is C16H9ClF6N2O2S. The van der Waals surface area contributed by atoms with Crippen molar-refractivity contribution in [3.63, 3.8) is 0 Å². The van der Waals surface area contributed by atoms with Crippen molar-refractivity contribution in [3.8, 4) is 0 Å². The predicted octanol–water partition coefficient (Wildman–Crippen LogP) is 5.29. The molecule has 0 spiro atoms. The van der Waals surface area contributed by atoms with Crippen molar-refractivity contribution in [1.82, 2.24) is 5.32 Å². The highest BCUT2D eigenvalue weighted by Gasteiger charge is 2.40. The molecule has 28 heavy (non-hydrogen) atoms. The molecule has 0 radical (unpaired) electrons. The van der Waals surface area contributed by atoms with Gasteiger partial charge in [0, 0.05) is 4.90 Å². The fourth-order valence-corrected chi connectivity index (χ4v) is 2.73. The number of alkyl halides is 4. The highest BCUT2D eigenvalue weighted by atomic mass is 35.5. The Labute approximate surface area is 163 Å². The van der Waals surface area contributed by atoms with E-state index in [1.54, 1.807) is 5.32 Å². The molecule has 2 rings (SSSR count). The van der Waals surface area contributed by atoms with E-state index < -0.39 is 51.5 Å². The van der Waals surface area contributed by atoms with Gasteiger partial charge in [0.15, 0.2) is 0 Å². The second-order valence-electron chi connectivity index (χ2n) is 5.11. The minimum atomic E-state index is -4.02. The number of carbonyl (C=O) groups excluding carboxylic acids is 2. The first kappa shape index (κ1) is 21.9. The zero-order valence-corrected chi connectivity index (χ0v) is 15.0. The lowest BCUT2D eigenvalue weighted by Gasteiger charge is -2.16. The van der Waals surface area contributed by atoms with Crippen LogP contribution < -0.4 is 10.6 Å². The van der Waals surface area contributed by atoms with Gasteiger partial charge in [-0.1, -0.05) is 17.7 Å². The van der Waals surface area contributed by atoms with E-state index >= 15 is 0 Å². The van der Waals surface area contributed by atoms with Gasteiger partial charge in [0.1, 0.15) is 23.0 Å². The van der Waals surface area contributed by atoms with Crippen LogP contribution in [0.3, 0.4) is 0 Å². The molecule has 4 nitrogen and oxygen atoms in total. The van der Waals surface area contributed by atoms with Gasteiger partial charge in [-0.05, 0) is 42.1 Å². The van der Waals surface area contributed by atoms with Crippen LogP contribution in [0, 0.1) is 17.5 Å². The number of benzene rings is 2. The predicted molar refractivity (Wildman–Crippen MR) is 90.8 cm³/mol. The summed E-state index contributed by atoms with van der Waals surface area (Å²) >= 11 is 4.36. The summed E-state index contributed by atoms with van der Waals surface area (Å²) in [7, 11) is 0. The molecule has 0 aliphatic carbocycles. The van der Waals surface area contributed by atoms with E-state index in [-0.39, 0.29) is 16.7 Å². The van der Waals surface area contributed by atoms with Crippen LogP contribution in [-0.2, 0) is 0 Å². The van der Waals surface area contributed by atoms with Crippen LogP contribution in [-0.4, -0.2) is 22.8 Å². The SMILES string of the molecule is O=C(NC(=O)c1c(F)cccc1F)Nc1ccc(SC(F)(F)C(F)Cl)cc1F. The number of thioether (sulfide) groups is 1. The number of hydrogen-bond donors (Lipinski definition) is 2. The van der Waals surface area contributed by atoms with Crippen molar-refractivity contribution in [3.05, 3.63) is 59.4 Å². The molecule has 0 heterocycles. The highest BCUT2D eigenvalue weighted by molar-refractivity contribution is 8.00. The third-order valence-corrected chi connectivity index (χ3v) is 4.49.